The number of halogens is 2. The van der Waals surface area contributed by atoms with Gasteiger partial charge in [0.05, 0.1) is 30.0 Å². The average molecular weight is 598 g/mol. The van der Waals surface area contributed by atoms with Crippen LogP contribution in [0.1, 0.15) is 40.5 Å². The molecule has 0 bridgehead atoms. The van der Waals surface area contributed by atoms with Crippen molar-refractivity contribution in [3.05, 3.63) is 48.3 Å². The molecule has 2 heterocycles. The minimum absolute atomic E-state index is 0.00696. The minimum Gasteiger partial charge on any atom is -0.494 e. The minimum atomic E-state index is -0.850. The van der Waals surface area contributed by atoms with Crippen molar-refractivity contribution in [1.82, 2.24) is 25.5 Å². The molecular weight excluding hydrogens is 560 g/mol. The molecule has 0 radical (unpaired) electrons. The van der Waals surface area contributed by atoms with E-state index in [0.29, 0.717) is 41.7 Å². The van der Waals surface area contributed by atoms with Crippen LogP contribution in [0.2, 0.25) is 0 Å². The zero-order valence-electron chi connectivity index (χ0n) is 25.0. The normalized spacial score (nSPS) is 16.5. The summed E-state index contributed by atoms with van der Waals surface area (Å²) in [7, 11) is 3.10. The Labute approximate surface area is 248 Å². The molecule has 11 nitrogen and oxygen atoms in total. The van der Waals surface area contributed by atoms with Crippen molar-refractivity contribution in [3.63, 3.8) is 0 Å². The number of amides is 3. The van der Waals surface area contributed by atoms with Crippen LogP contribution in [-0.4, -0.2) is 71.4 Å². The number of methoxy groups -OCH3 is 1. The fourth-order valence-electron chi connectivity index (χ4n) is 4.90. The van der Waals surface area contributed by atoms with Gasteiger partial charge in [0.1, 0.15) is 41.6 Å². The Morgan fingerprint density at radius 3 is 2.49 bits per heavy atom. The number of carbonyl (C=O) groups excluding carboxylic acids is 3. The number of fused-ring (bicyclic) bond motifs is 1. The second-order valence-corrected chi connectivity index (χ2v) is 11.5. The Bertz CT molecular complexity index is 1530. The third-order valence-corrected chi connectivity index (χ3v) is 7.46. The maximum Gasteiger partial charge on any atom is 0.247 e. The number of nitrogens with zero attached hydrogens (tertiary/aromatic N) is 3. The highest BCUT2D eigenvalue weighted by Gasteiger charge is 2.42. The Morgan fingerprint density at radius 1 is 1.09 bits per heavy atom. The van der Waals surface area contributed by atoms with E-state index in [9.17, 15) is 23.2 Å². The monoisotopic (exact) mass is 597 g/mol. The SMILES string of the molecule is CN[C@@H](C)C(=O)N[C@H](C(=O)N1CCCC1C(=O)Nc1cc2c(Nc3ccc(F)cc3F)ncnc2cc1OC)C(C)(C)C. The number of aromatic nitrogens is 2. The van der Waals surface area contributed by atoms with Gasteiger partial charge in [0.2, 0.25) is 17.7 Å². The van der Waals surface area contributed by atoms with Crippen molar-refractivity contribution in [1.29, 1.82) is 0 Å². The van der Waals surface area contributed by atoms with Crippen LogP contribution in [-0.2, 0) is 14.4 Å². The number of hydrogen-bond donors (Lipinski definition) is 4. The van der Waals surface area contributed by atoms with Gasteiger partial charge in [-0.1, -0.05) is 20.8 Å². The molecule has 3 atom stereocenters. The van der Waals surface area contributed by atoms with E-state index in [-0.39, 0.29) is 23.3 Å². The zero-order valence-corrected chi connectivity index (χ0v) is 25.0. The number of rotatable bonds is 9. The Morgan fingerprint density at radius 2 is 1.84 bits per heavy atom. The van der Waals surface area contributed by atoms with Crippen LogP contribution in [0.25, 0.3) is 10.9 Å². The summed E-state index contributed by atoms with van der Waals surface area (Å²) in [5.41, 5.74) is 0.138. The second kappa shape index (κ2) is 12.9. The molecular formula is C30H37F2N7O4. The summed E-state index contributed by atoms with van der Waals surface area (Å²) in [4.78, 5) is 50.1. The van der Waals surface area contributed by atoms with E-state index in [0.717, 1.165) is 12.1 Å². The molecule has 1 fully saturated rings. The van der Waals surface area contributed by atoms with Crippen molar-refractivity contribution in [2.45, 2.75) is 58.7 Å². The second-order valence-electron chi connectivity index (χ2n) is 11.5. The smallest absolute Gasteiger partial charge is 0.247 e. The lowest BCUT2D eigenvalue weighted by atomic mass is 9.85. The number of nitrogens with one attached hydrogen (secondary N) is 4. The number of anilines is 3. The van der Waals surface area contributed by atoms with E-state index >= 15 is 0 Å². The van der Waals surface area contributed by atoms with Gasteiger partial charge in [-0.2, -0.15) is 0 Å². The molecule has 2 aromatic carbocycles. The first-order chi connectivity index (χ1) is 20.3. The third kappa shape index (κ3) is 6.99. The predicted molar refractivity (Wildman–Crippen MR) is 159 cm³/mol. The van der Waals surface area contributed by atoms with E-state index in [1.165, 1.54) is 24.4 Å². The molecule has 3 aromatic rings. The van der Waals surface area contributed by atoms with Crippen molar-refractivity contribution < 1.29 is 27.9 Å². The van der Waals surface area contributed by atoms with Crippen LogP contribution in [0.3, 0.4) is 0 Å². The third-order valence-electron chi connectivity index (χ3n) is 7.46. The lowest BCUT2D eigenvalue weighted by molar-refractivity contribution is -0.143. The molecule has 1 unspecified atom stereocenters. The van der Waals surface area contributed by atoms with E-state index in [2.05, 4.69) is 31.2 Å². The molecule has 4 rings (SSSR count). The molecule has 43 heavy (non-hydrogen) atoms. The van der Waals surface area contributed by atoms with Crippen LogP contribution in [0.15, 0.2) is 36.7 Å². The van der Waals surface area contributed by atoms with Crippen LogP contribution in [0.4, 0.5) is 26.0 Å². The molecule has 13 heteroatoms. The summed E-state index contributed by atoms with van der Waals surface area (Å²) in [6.45, 7) is 7.63. The lowest BCUT2D eigenvalue weighted by Gasteiger charge is -2.36. The highest BCUT2D eigenvalue weighted by Crippen LogP contribution is 2.34. The molecule has 0 saturated carbocycles. The van der Waals surface area contributed by atoms with Crippen molar-refractivity contribution in [3.8, 4) is 5.75 Å². The number of likely N-dealkylation sites (N-methyl/N-ethyl adjacent to an activating group) is 1. The molecule has 1 saturated heterocycles. The zero-order chi connectivity index (χ0) is 31.5. The molecule has 230 valence electrons. The number of hydrogen-bond acceptors (Lipinski definition) is 8. The fraction of sp³-hybridized carbons (Fsp3) is 0.433. The first-order valence-electron chi connectivity index (χ1n) is 14.0. The van der Waals surface area contributed by atoms with Crippen LogP contribution in [0, 0.1) is 17.0 Å². The van der Waals surface area contributed by atoms with Gasteiger partial charge in [-0.25, -0.2) is 18.7 Å². The first kappa shape index (κ1) is 31.5. The van der Waals surface area contributed by atoms with Gasteiger partial charge in [-0.3, -0.25) is 14.4 Å². The molecule has 3 amide bonds. The van der Waals surface area contributed by atoms with Crippen molar-refractivity contribution in [2.24, 2.45) is 5.41 Å². The summed E-state index contributed by atoms with van der Waals surface area (Å²) in [5, 5.41) is 11.9. The summed E-state index contributed by atoms with van der Waals surface area (Å²) in [5.74, 6) is -2.06. The largest absolute Gasteiger partial charge is 0.494 e. The van der Waals surface area contributed by atoms with Gasteiger partial charge < -0.3 is 30.9 Å². The fourth-order valence-corrected chi connectivity index (χ4v) is 4.90. The highest BCUT2D eigenvalue weighted by molar-refractivity contribution is 6.03. The maximum absolute atomic E-state index is 14.4. The Kier molecular flexibility index (Phi) is 9.43. The van der Waals surface area contributed by atoms with Crippen molar-refractivity contribution >= 4 is 45.8 Å². The van der Waals surface area contributed by atoms with E-state index in [1.54, 1.807) is 26.1 Å². The molecule has 4 N–H and O–H groups in total. The Hall–Kier alpha value is -4.39. The molecule has 0 aliphatic carbocycles. The lowest BCUT2D eigenvalue weighted by Crippen LogP contribution is -2.59. The van der Waals surface area contributed by atoms with Crippen LogP contribution < -0.4 is 26.0 Å². The molecule has 1 aliphatic heterocycles. The molecule has 1 aromatic heterocycles. The standard InChI is InChI=1S/C30H37F2N7O4/c1-16(33-5)27(40)38-25(30(2,3)4)29(42)39-11-7-8-23(39)28(41)37-22-13-18-21(14-24(22)43-6)34-15-35-26(18)36-20-10-9-17(31)12-19(20)32/h9-10,12-16,23,25,33H,7-8,11H2,1-6H3,(H,37,41)(H,38,40)(H,34,35,36)/t16-,23?,25+/m0/s1. The quantitative estimate of drug-likeness (QED) is 0.293. The molecule has 0 spiro atoms. The number of carbonyl (C=O) groups is 3. The highest BCUT2D eigenvalue weighted by atomic mass is 19.1. The number of likely N-dealkylation sites (tertiary alicyclic amines) is 1. The summed E-state index contributed by atoms with van der Waals surface area (Å²) in [6, 6.07) is 4.19. The number of ether oxygens (including phenoxy) is 1. The van der Waals surface area contributed by atoms with Gasteiger partial charge in [0.15, 0.2) is 0 Å². The van der Waals surface area contributed by atoms with Gasteiger partial charge in [0.25, 0.3) is 0 Å². The van der Waals surface area contributed by atoms with Crippen LogP contribution >= 0.6 is 0 Å². The van der Waals surface area contributed by atoms with Gasteiger partial charge >= 0.3 is 0 Å². The van der Waals surface area contributed by atoms with Crippen LogP contribution in [0.5, 0.6) is 5.75 Å². The Balaban J connectivity index is 1.61. The maximum atomic E-state index is 14.4. The van der Waals surface area contributed by atoms with Gasteiger partial charge in [-0.05, 0) is 50.4 Å². The summed E-state index contributed by atoms with van der Waals surface area (Å²) in [6.07, 6.45) is 2.33. The summed E-state index contributed by atoms with van der Waals surface area (Å²) >= 11 is 0. The topological polar surface area (TPSA) is 138 Å². The average Bonchev–Trinajstić information content (AvgIpc) is 3.46. The van der Waals surface area contributed by atoms with E-state index in [1.807, 2.05) is 20.8 Å². The summed E-state index contributed by atoms with van der Waals surface area (Å²) < 4.78 is 33.3. The molecule has 1 aliphatic rings. The van der Waals surface area contributed by atoms with E-state index in [4.69, 9.17) is 4.74 Å². The van der Waals surface area contributed by atoms with Crippen molar-refractivity contribution in [2.75, 3.05) is 31.3 Å². The number of benzene rings is 2. The predicted octanol–water partition coefficient (Wildman–Crippen LogP) is 3.73. The van der Waals surface area contributed by atoms with E-state index < -0.39 is 41.1 Å². The van der Waals surface area contributed by atoms with Gasteiger partial charge in [-0.15, -0.1) is 0 Å². The van der Waals surface area contributed by atoms with Gasteiger partial charge in [0, 0.05) is 24.1 Å². The first-order valence-corrected chi connectivity index (χ1v) is 14.0.